The first-order valence-electron chi connectivity index (χ1n) is 6.26. The normalized spacial score (nSPS) is 21.4. The maximum Gasteiger partial charge on any atom is 0.147 e. The average molecular weight is 318 g/mol. The first-order chi connectivity index (χ1) is 8.20. The number of hydrogen-bond donors (Lipinski definition) is 0. The van der Waals surface area contributed by atoms with Gasteiger partial charge in [0.25, 0.3) is 0 Å². The molecule has 0 aromatic carbocycles. The molecule has 1 unspecified atom stereocenters. The van der Waals surface area contributed by atoms with Gasteiger partial charge >= 0.3 is 0 Å². The van der Waals surface area contributed by atoms with Crippen LogP contribution in [0.5, 0.6) is 0 Å². The maximum absolute atomic E-state index is 6.25. The molecule has 0 N–H and O–H groups in total. The lowest BCUT2D eigenvalue weighted by atomic mass is 9.98. The van der Waals surface area contributed by atoms with E-state index in [4.69, 9.17) is 11.6 Å². The van der Waals surface area contributed by atoms with Gasteiger partial charge in [-0.1, -0.05) is 24.9 Å². The second kappa shape index (κ2) is 6.05. The first-order valence-corrected chi connectivity index (χ1v) is 7.43. The summed E-state index contributed by atoms with van der Waals surface area (Å²) in [5, 5.41) is 0.745. The topological polar surface area (TPSA) is 16.1 Å². The third-order valence-electron chi connectivity index (χ3n) is 3.51. The molecule has 1 fully saturated rings. The van der Waals surface area contributed by atoms with Crippen molar-refractivity contribution in [2.75, 3.05) is 18.0 Å². The summed E-state index contributed by atoms with van der Waals surface area (Å²) in [5.74, 6) is 1.81. The fourth-order valence-corrected chi connectivity index (χ4v) is 3.17. The summed E-state index contributed by atoms with van der Waals surface area (Å²) in [4.78, 5) is 6.76. The smallest absolute Gasteiger partial charge is 0.147 e. The Kier molecular flexibility index (Phi) is 4.69. The van der Waals surface area contributed by atoms with Crippen LogP contribution in [-0.2, 0) is 0 Å². The Hall–Kier alpha value is -0.280. The minimum absolute atomic E-state index is 0.745. The van der Waals surface area contributed by atoms with Gasteiger partial charge in [-0.05, 0) is 47.2 Å². The van der Waals surface area contributed by atoms with Crippen molar-refractivity contribution in [3.8, 4) is 0 Å². The Labute approximate surface area is 116 Å². The van der Waals surface area contributed by atoms with E-state index in [-0.39, 0.29) is 0 Å². The van der Waals surface area contributed by atoms with Crippen molar-refractivity contribution in [3.63, 3.8) is 0 Å². The predicted octanol–water partition coefficient (Wildman–Crippen LogP) is 4.51. The molecule has 94 valence electrons. The van der Waals surface area contributed by atoms with Crippen molar-refractivity contribution in [3.05, 3.63) is 21.8 Å². The van der Waals surface area contributed by atoms with Crippen LogP contribution in [0.1, 0.15) is 32.6 Å². The molecule has 0 aliphatic carbocycles. The predicted molar refractivity (Wildman–Crippen MR) is 76.8 cm³/mol. The lowest BCUT2D eigenvalue weighted by Gasteiger charge is -2.22. The van der Waals surface area contributed by atoms with Gasteiger partial charge in [0.2, 0.25) is 0 Å². The first kappa shape index (κ1) is 13.2. The van der Waals surface area contributed by atoms with Gasteiger partial charge in [-0.3, -0.25) is 0 Å². The number of rotatable bonds is 2. The summed E-state index contributed by atoms with van der Waals surface area (Å²) in [7, 11) is 0. The molecule has 0 amide bonds. The summed E-state index contributed by atoms with van der Waals surface area (Å²) >= 11 is 9.64. The Morgan fingerprint density at radius 2 is 2.29 bits per heavy atom. The second-order valence-electron chi connectivity index (χ2n) is 4.65. The van der Waals surface area contributed by atoms with Gasteiger partial charge in [0, 0.05) is 23.8 Å². The van der Waals surface area contributed by atoms with Crippen LogP contribution in [0.2, 0.25) is 5.02 Å². The number of pyridine rings is 1. The third kappa shape index (κ3) is 3.35. The van der Waals surface area contributed by atoms with Crippen molar-refractivity contribution in [1.29, 1.82) is 0 Å². The molecule has 1 aromatic rings. The van der Waals surface area contributed by atoms with Crippen molar-refractivity contribution in [1.82, 2.24) is 4.98 Å². The molecule has 2 nitrogen and oxygen atoms in total. The fraction of sp³-hybridized carbons (Fsp3) is 0.615. The lowest BCUT2D eigenvalue weighted by Crippen LogP contribution is -2.25. The summed E-state index contributed by atoms with van der Waals surface area (Å²) in [6.07, 6.45) is 6.94. The van der Waals surface area contributed by atoms with Gasteiger partial charge in [-0.2, -0.15) is 0 Å². The largest absolute Gasteiger partial charge is 0.355 e. The van der Waals surface area contributed by atoms with E-state index in [1.165, 1.54) is 25.7 Å². The van der Waals surface area contributed by atoms with Crippen LogP contribution in [0.25, 0.3) is 0 Å². The van der Waals surface area contributed by atoms with Crippen LogP contribution in [-0.4, -0.2) is 18.1 Å². The lowest BCUT2D eigenvalue weighted by molar-refractivity contribution is 0.459. The van der Waals surface area contributed by atoms with Gasteiger partial charge in [-0.25, -0.2) is 4.98 Å². The minimum Gasteiger partial charge on any atom is -0.355 e. The van der Waals surface area contributed by atoms with Gasteiger partial charge < -0.3 is 4.90 Å². The molecule has 0 saturated carbocycles. The highest BCUT2D eigenvalue weighted by Crippen LogP contribution is 2.29. The highest BCUT2D eigenvalue weighted by atomic mass is 79.9. The maximum atomic E-state index is 6.25. The molecule has 2 rings (SSSR count). The number of halogens is 2. The van der Waals surface area contributed by atoms with E-state index in [0.717, 1.165) is 34.3 Å². The highest BCUT2D eigenvalue weighted by molar-refractivity contribution is 9.10. The molecule has 1 aliphatic heterocycles. The Balaban J connectivity index is 2.11. The van der Waals surface area contributed by atoms with Gasteiger partial charge in [-0.15, -0.1) is 0 Å². The number of hydrogen-bond acceptors (Lipinski definition) is 2. The SMILES string of the molecule is CCC1CCCN(c2ncc(Br)cc2Cl)CC1. The highest BCUT2D eigenvalue weighted by Gasteiger charge is 2.18. The number of aromatic nitrogens is 1. The van der Waals surface area contributed by atoms with E-state index in [1.807, 2.05) is 12.3 Å². The summed E-state index contributed by atoms with van der Waals surface area (Å²) in [6, 6.07) is 1.92. The fourth-order valence-electron chi connectivity index (χ4n) is 2.43. The van der Waals surface area contributed by atoms with E-state index in [9.17, 15) is 0 Å². The van der Waals surface area contributed by atoms with Crippen LogP contribution in [0.3, 0.4) is 0 Å². The van der Waals surface area contributed by atoms with E-state index in [2.05, 4.69) is 32.7 Å². The van der Waals surface area contributed by atoms with E-state index >= 15 is 0 Å². The molecule has 0 bridgehead atoms. The summed E-state index contributed by atoms with van der Waals surface area (Å²) < 4.78 is 0.938. The van der Waals surface area contributed by atoms with Crippen LogP contribution in [0.4, 0.5) is 5.82 Å². The summed E-state index contributed by atoms with van der Waals surface area (Å²) in [6.45, 7) is 4.43. The quantitative estimate of drug-likeness (QED) is 0.797. The van der Waals surface area contributed by atoms with Crippen LogP contribution < -0.4 is 4.90 Å². The van der Waals surface area contributed by atoms with Crippen LogP contribution in [0, 0.1) is 5.92 Å². The number of anilines is 1. The van der Waals surface area contributed by atoms with Crippen molar-refractivity contribution < 1.29 is 0 Å². The van der Waals surface area contributed by atoms with E-state index < -0.39 is 0 Å². The van der Waals surface area contributed by atoms with E-state index in [1.54, 1.807) is 0 Å². The zero-order valence-electron chi connectivity index (χ0n) is 10.1. The second-order valence-corrected chi connectivity index (χ2v) is 5.97. The monoisotopic (exact) mass is 316 g/mol. The molecule has 1 aliphatic rings. The molecular formula is C13H18BrClN2. The summed E-state index contributed by atoms with van der Waals surface area (Å²) in [5.41, 5.74) is 0. The Morgan fingerprint density at radius 3 is 3.00 bits per heavy atom. The zero-order chi connectivity index (χ0) is 12.3. The standard InChI is InChI=1S/C13H18BrClN2/c1-2-10-4-3-6-17(7-5-10)13-12(15)8-11(14)9-16-13/h8-10H,2-7H2,1H3. The molecule has 1 saturated heterocycles. The molecule has 0 radical (unpaired) electrons. The van der Waals surface area contributed by atoms with Crippen molar-refractivity contribution in [2.24, 2.45) is 5.92 Å². The van der Waals surface area contributed by atoms with Crippen molar-refractivity contribution in [2.45, 2.75) is 32.6 Å². The van der Waals surface area contributed by atoms with Gasteiger partial charge in [0.15, 0.2) is 0 Å². The van der Waals surface area contributed by atoms with Crippen molar-refractivity contribution >= 4 is 33.3 Å². The third-order valence-corrected chi connectivity index (χ3v) is 4.22. The molecule has 17 heavy (non-hydrogen) atoms. The molecule has 0 spiro atoms. The minimum atomic E-state index is 0.745. The number of nitrogens with zero attached hydrogens (tertiary/aromatic N) is 2. The average Bonchev–Trinajstić information content (AvgIpc) is 2.54. The van der Waals surface area contributed by atoms with Crippen LogP contribution >= 0.6 is 27.5 Å². The van der Waals surface area contributed by atoms with Gasteiger partial charge in [0.05, 0.1) is 5.02 Å². The molecule has 1 aromatic heterocycles. The molecular weight excluding hydrogens is 300 g/mol. The molecule has 2 heterocycles. The Bertz CT molecular complexity index is 384. The van der Waals surface area contributed by atoms with Crippen LogP contribution in [0.15, 0.2) is 16.7 Å². The molecule has 1 atom stereocenters. The van der Waals surface area contributed by atoms with E-state index in [0.29, 0.717) is 0 Å². The zero-order valence-corrected chi connectivity index (χ0v) is 12.5. The Morgan fingerprint density at radius 1 is 1.47 bits per heavy atom. The van der Waals surface area contributed by atoms with Gasteiger partial charge in [0.1, 0.15) is 5.82 Å². The molecule has 4 heteroatoms.